The number of hydrogen-bond donors (Lipinski definition) is 1. The van der Waals surface area contributed by atoms with Crippen molar-refractivity contribution in [2.45, 2.75) is 19.1 Å². The highest BCUT2D eigenvalue weighted by molar-refractivity contribution is 5.53. The van der Waals surface area contributed by atoms with Crippen LogP contribution in [-0.4, -0.2) is 32.5 Å². The minimum absolute atomic E-state index is 0.153. The van der Waals surface area contributed by atoms with Gasteiger partial charge in [0.2, 0.25) is 0 Å². The Labute approximate surface area is 135 Å². The van der Waals surface area contributed by atoms with Crippen molar-refractivity contribution in [1.82, 2.24) is 24.7 Å². The summed E-state index contributed by atoms with van der Waals surface area (Å²) >= 11 is 0. The summed E-state index contributed by atoms with van der Waals surface area (Å²) in [5, 5.41) is 12.2. The van der Waals surface area contributed by atoms with Crippen molar-refractivity contribution in [2.24, 2.45) is 13.0 Å². The minimum atomic E-state index is 0.153. The predicted molar refractivity (Wildman–Crippen MR) is 86.9 cm³/mol. The van der Waals surface area contributed by atoms with Gasteiger partial charge in [-0.3, -0.25) is 4.68 Å². The molecule has 1 aliphatic heterocycles. The van der Waals surface area contributed by atoms with Gasteiger partial charge in [0.15, 0.2) is 0 Å². The third kappa shape index (κ3) is 2.87. The molecule has 2 atom stereocenters. The van der Waals surface area contributed by atoms with Crippen molar-refractivity contribution < 1.29 is 4.74 Å². The second-order valence-corrected chi connectivity index (χ2v) is 6.12. The molecule has 6 nitrogen and oxygen atoms in total. The van der Waals surface area contributed by atoms with Crippen molar-refractivity contribution in [3.8, 4) is 0 Å². The fourth-order valence-corrected chi connectivity index (χ4v) is 3.31. The molecule has 1 saturated heterocycles. The molecule has 0 saturated carbocycles. The first kappa shape index (κ1) is 14.4. The highest BCUT2D eigenvalue weighted by Crippen LogP contribution is 2.33. The van der Waals surface area contributed by atoms with E-state index < -0.39 is 0 Å². The lowest BCUT2D eigenvalue weighted by Crippen LogP contribution is -2.24. The van der Waals surface area contributed by atoms with E-state index in [-0.39, 0.29) is 6.10 Å². The Morgan fingerprint density at radius 2 is 2.26 bits per heavy atom. The normalized spacial score (nSPS) is 21.3. The molecule has 0 amide bonds. The molecule has 4 rings (SSSR count). The molecule has 1 fully saturated rings. The monoisotopic (exact) mass is 311 g/mol. The molecule has 0 aromatic carbocycles. The molecule has 0 spiro atoms. The van der Waals surface area contributed by atoms with E-state index >= 15 is 0 Å². The van der Waals surface area contributed by atoms with Crippen molar-refractivity contribution in [2.75, 3.05) is 13.2 Å². The average molecular weight is 311 g/mol. The van der Waals surface area contributed by atoms with Gasteiger partial charge in [0.25, 0.3) is 0 Å². The van der Waals surface area contributed by atoms with Crippen LogP contribution in [0.25, 0.3) is 5.52 Å². The first-order valence-corrected chi connectivity index (χ1v) is 8.03. The number of pyridine rings is 1. The van der Waals surface area contributed by atoms with E-state index in [0.29, 0.717) is 5.92 Å². The highest BCUT2D eigenvalue weighted by atomic mass is 16.5. The number of fused-ring (bicyclic) bond motifs is 1. The zero-order chi connectivity index (χ0) is 15.6. The highest BCUT2D eigenvalue weighted by Gasteiger charge is 2.30. The maximum atomic E-state index is 5.91. The lowest BCUT2D eigenvalue weighted by Gasteiger charge is -2.17. The van der Waals surface area contributed by atoms with Gasteiger partial charge in [0.05, 0.1) is 24.0 Å². The van der Waals surface area contributed by atoms with E-state index in [1.54, 1.807) is 0 Å². The molecule has 3 aromatic rings. The summed E-state index contributed by atoms with van der Waals surface area (Å²) < 4.78 is 9.66. The lowest BCUT2D eigenvalue weighted by molar-refractivity contribution is 0.0904. The lowest BCUT2D eigenvalue weighted by atomic mass is 9.97. The van der Waals surface area contributed by atoms with Crippen LogP contribution in [-0.2, 0) is 18.3 Å². The van der Waals surface area contributed by atoms with Crippen LogP contribution in [0.3, 0.4) is 0 Å². The predicted octanol–water partition coefficient (Wildman–Crippen LogP) is 1.94. The van der Waals surface area contributed by atoms with Crippen molar-refractivity contribution >= 4 is 5.52 Å². The van der Waals surface area contributed by atoms with Crippen LogP contribution >= 0.6 is 0 Å². The van der Waals surface area contributed by atoms with Crippen LogP contribution in [0.4, 0.5) is 0 Å². The number of hydrogen-bond acceptors (Lipinski definition) is 4. The summed E-state index contributed by atoms with van der Waals surface area (Å²) in [5.41, 5.74) is 3.56. The summed E-state index contributed by atoms with van der Waals surface area (Å²) in [7, 11) is 1.94. The van der Waals surface area contributed by atoms with Gasteiger partial charge in [-0.1, -0.05) is 6.07 Å². The minimum Gasteiger partial charge on any atom is -0.373 e. The Bertz CT molecular complexity index is 793. The summed E-state index contributed by atoms with van der Waals surface area (Å²) in [6, 6.07) is 6.14. The Morgan fingerprint density at radius 1 is 1.30 bits per heavy atom. The quantitative estimate of drug-likeness (QED) is 0.782. The first-order valence-electron chi connectivity index (χ1n) is 8.03. The number of nitrogens with one attached hydrogen (secondary N) is 1. The van der Waals surface area contributed by atoms with Gasteiger partial charge >= 0.3 is 0 Å². The third-order valence-electron chi connectivity index (χ3n) is 4.50. The Balaban J connectivity index is 1.39. The van der Waals surface area contributed by atoms with Gasteiger partial charge in [-0.05, 0) is 18.6 Å². The van der Waals surface area contributed by atoms with Gasteiger partial charge in [0, 0.05) is 56.2 Å². The topological polar surface area (TPSA) is 56.4 Å². The van der Waals surface area contributed by atoms with Crippen LogP contribution in [0.1, 0.15) is 23.7 Å². The number of nitrogens with zero attached hydrogens (tertiary/aromatic N) is 4. The van der Waals surface area contributed by atoms with Crippen molar-refractivity contribution in [1.29, 1.82) is 0 Å². The Kier molecular flexibility index (Phi) is 3.85. The first-order chi connectivity index (χ1) is 11.3. The van der Waals surface area contributed by atoms with Crippen LogP contribution in [0.2, 0.25) is 0 Å². The molecule has 0 unspecified atom stereocenters. The Hall–Kier alpha value is -2.18. The summed E-state index contributed by atoms with van der Waals surface area (Å²) in [5.74, 6) is 0.487. The number of aromatic nitrogens is 4. The molecule has 1 N–H and O–H groups in total. The standard InChI is InChI=1S/C17H21N5O/c1-21-12-15(11-19-21)17-13(5-7-23-17)8-18-9-14-10-20-22-6-3-2-4-16(14)22/h2-4,6,10-13,17-18H,5,7-9H2,1H3/t13-,17+/m1/s1. The van der Waals surface area contributed by atoms with Crippen LogP contribution in [0, 0.1) is 5.92 Å². The molecule has 6 heteroatoms. The van der Waals surface area contributed by atoms with Gasteiger partial charge < -0.3 is 10.1 Å². The van der Waals surface area contributed by atoms with Gasteiger partial charge in [0.1, 0.15) is 0 Å². The van der Waals surface area contributed by atoms with Crippen molar-refractivity contribution in [3.05, 3.63) is 54.1 Å². The fraction of sp³-hybridized carbons (Fsp3) is 0.412. The van der Waals surface area contributed by atoms with E-state index in [2.05, 4.69) is 21.6 Å². The third-order valence-corrected chi connectivity index (χ3v) is 4.50. The Morgan fingerprint density at radius 3 is 3.13 bits per heavy atom. The molecule has 3 aromatic heterocycles. The summed E-state index contributed by atoms with van der Waals surface area (Å²) in [6.07, 6.45) is 9.11. The molecule has 120 valence electrons. The van der Waals surface area contributed by atoms with Gasteiger partial charge in [-0.25, -0.2) is 4.52 Å². The van der Waals surface area contributed by atoms with Crippen LogP contribution in [0.15, 0.2) is 43.0 Å². The molecular weight excluding hydrogens is 290 g/mol. The molecule has 0 aliphatic carbocycles. The average Bonchev–Trinajstić information content (AvgIpc) is 3.27. The molecular formula is C17H21N5O. The summed E-state index contributed by atoms with van der Waals surface area (Å²) in [6.45, 7) is 2.58. The van der Waals surface area contributed by atoms with E-state index in [0.717, 1.165) is 31.6 Å². The molecule has 0 radical (unpaired) electrons. The number of rotatable bonds is 5. The maximum absolute atomic E-state index is 5.91. The van der Waals surface area contributed by atoms with Gasteiger partial charge in [-0.2, -0.15) is 10.2 Å². The largest absolute Gasteiger partial charge is 0.373 e. The molecule has 0 bridgehead atoms. The molecule has 1 aliphatic rings. The zero-order valence-electron chi connectivity index (χ0n) is 13.2. The summed E-state index contributed by atoms with van der Waals surface area (Å²) in [4.78, 5) is 0. The van der Waals surface area contributed by atoms with Crippen LogP contribution < -0.4 is 5.32 Å². The second-order valence-electron chi connectivity index (χ2n) is 6.12. The van der Waals surface area contributed by atoms with E-state index in [1.165, 1.54) is 11.1 Å². The van der Waals surface area contributed by atoms with E-state index in [9.17, 15) is 0 Å². The fourth-order valence-electron chi connectivity index (χ4n) is 3.31. The van der Waals surface area contributed by atoms with E-state index in [4.69, 9.17) is 4.74 Å². The maximum Gasteiger partial charge on any atom is 0.0896 e. The van der Waals surface area contributed by atoms with Crippen molar-refractivity contribution in [3.63, 3.8) is 0 Å². The smallest absolute Gasteiger partial charge is 0.0896 e. The number of aryl methyl sites for hydroxylation is 1. The zero-order valence-corrected chi connectivity index (χ0v) is 13.2. The number of ether oxygens (including phenoxy) is 1. The van der Waals surface area contributed by atoms with Gasteiger partial charge in [-0.15, -0.1) is 0 Å². The molecule has 23 heavy (non-hydrogen) atoms. The molecule has 4 heterocycles. The second kappa shape index (κ2) is 6.14. The van der Waals surface area contributed by atoms with E-state index in [1.807, 2.05) is 53.2 Å². The SMILES string of the molecule is Cn1cc([C@H]2OCC[C@@H]2CNCc2cnn3ccccc23)cn1. The van der Waals surface area contributed by atoms with Crippen LogP contribution in [0.5, 0.6) is 0 Å².